The Hall–Kier alpha value is -1.89. The molecule has 0 spiro atoms. The molecule has 20 heavy (non-hydrogen) atoms. The average Bonchev–Trinajstić information content (AvgIpc) is 2.76. The minimum Gasteiger partial charge on any atom is -0.341 e. The number of nitrogens with zero attached hydrogens (tertiary/aromatic N) is 3. The van der Waals surface area contributed by atoms with E-state index in [9.17, 15) is 9.59 Å². The van der Waals surface area contributed by atoms with Crippen LogP contribution in [0.25, 0.3) is 0 Å². The Morgan fingerprint density at radius 2 is 2.05 bits per heavy atom. The molecule has 0 radical (unpaired) electrons. The summed E-state index contributed by atoms with van der Waals surface area (Å²) in [6.45, 7) is 5.29. The second kappa shape index (κ2) is 6.04. The number of amides is 2. The Morgan fingerprint density at radius 1 is 1.40 bits per heavy atom. The van der Waals surface area contributed by atoms with Gasteiger partial charge < -0.3 is 4.90 Å². The van der Waals surface area contributed by atoms with Crippen molar-refractivity contribution in [2.75, 3.05) is 13.1 Å². The van der Waals surface area contributed by atoms with Crippen molar-refractivity contribution in [3.05, 3.63) is 17.5 Å². The van der Waals surface area contributed by atoms with Crippen LogP contribution in [0.2, 0.25) is 0 Å². The topological polar surface area (TPSA) is 93.2 Å². The van der Waals surface area contributed by atoms with Crippen LogP contribution >= 0.6 is 0 Å². The van der Waals surface area contributed by atoms with E-state index >= 15 is 0 Å². The first-order valence-electron chi connectivity index (χ1n) is 6.80. The van der Waals surface area contributed by atoms with E-state index in [1.165, 1.54) is 0 Å². The Labute approximate surface area is 118 Å². The number of carbonyl (C=O) groups excluding carboxylic acids is 2. The zero-order valence-electron chi connectivity index (χ0n) is 11.9. The molecule has 2 heterocycles. The maximum absolute atomic E-state index is 12.2. The largest absolute Gasteiger partial charge is 0.341 e. The van der Waals surface area contributed by atoms with Crippen LogP contribution in [0, 0.1) is 19.8 Å². The minimum atomic E-state index is -0.143. The summed E-state index contributed by atoms with van der Waals surface area (Å²) >= 11 is 0. The van der Waals surface area contributed by atoms with E-state index in [1.807, 2.05) is 19.9 Å². The molecular weight excluding hydrogens is 258 g/mol. The van der Waals surface area contributed by atoms with Crippen molar-refractivity contribution in [2.24, 2.45) is 11.8 Å². The summed E-state index contributed by atoms with van der Waals surface area (Å²) in [4.78, 5) is 25.4. The van der Waals surface area contributed by atoms with Gasteiger partial charge in [0, 0.05) is 24.7 Å². The van der Waals surface area contributed by atoms with Gasteiger partial charge >= 0.3 is 0 Å². The molecule has 1 fully saturated rings. The highest BCUT2D eigenvalue weighted by atomic mass is 16.2. The van der Waals surface area contributed by atoms with Gasteiger partial charge in [-0.25, -0.2) is 5.84 Å². The van der Waals surface area contributed by atoms with E-state index < -0.39 is 0 Å². The van der Waals surface area contributed by atoms with Crippen molar-refractivity contribution in [3.63, 3.8) is 0 Å². The molecule has 7 nitrogen and oxygen atoms in total. The quantitative estimate of drug-likeness (QED) is 0.452. The number of nitrogens with one attached hydrogen (secondary N) is 1. The number of rotatable bonds is 3. The van der Waals surface area contributed by atoms with Gasteiger partial charge in [-0.15, -0.1) is 0 Å². The van der Waals surface area contributed by atoms with Gasteiger partial charge in [0.2, 0.25) is 11.8 Å². The standard InChI is InChI=1S/C13H21N5O2/c1-9-7-10(2)18(16-9)8-12(19)17-5-3-11(4-6-17)13(20)15-14/h7,11H,3-6,8,14H2,1-2H3,(H,15,20). The second-order valence-electron chi connectivity index (χ2n) is 5.25. The molecule has 0 saturated carbocycles. The van der Waals surface area contributed by atoms with E-state index in [-0.39, 0.29) is 24.3 Å². The highest BCUT2D eigenvalue weighted by molar-refractivity contribution is 5.79. The number of nitrogens with two attached hydrogens (primary N) is 1. The number of carbonyl (C=O) groups is 2. The Kier molecular flexibility index (Phi) is 4.39. The molecule has 1 aromatic heterocycles. The predicted molar refractivity (Wildman–Crippen MR) is 73.3 cm³/mol. The van der Waals surface area contributed by atoms with Crippen LogP contribution in [0.5, 0.6) is 0 Å². The third-order valence-electron chi connectivity index (χ3n) is 3.75. The lowest BCUT2D eigenvalue weighted by Gasteiger charge is -2.31. The molecule has 2 amide bonds. The number of hydrazine groups is 1. The summed E-state index contributed by atoms with van der Waals surface area (Å²) < 4.78 is 1.72. The fraction of sp³-hybridized carbons (Fsp3) is 0.615. The summed E-state index contributed by atoms with van der Waals surface area (Å²) in [5, 5.41) is 4.29. The van der Waals surface area contributed by atoms with Crippen LogP contribution in [0.4, 0.5) is 0 Å². The molecule has 3 N–H and O–H groups in total. The highest BCUT2D eigenvalue weighted by Gasteiger charge is 2.27. The molecule has 110 valence electrons. The van der Waals surface area contributed by atoms with Gasteiger partial charge in [0.25, 0.3) is 0 Å². The van der Waals surface area contributed by atoms with Crippen molar-refractivity contribution in [1.82, 2.24) is 20.1 Å². The SMILES string of the molecule is Cc1cc(C)n(CC(=O)N2CCC(C(=O)NN)CC2)n1. The number of aryl methyl sites for hydroxylation is 2. The maximum Gasteiger partial charge on any atom is 0.244 e. The van der Waals surface area contributed by atoms with E-state index in [0.717, 1.165) is 11.4 Å². The van der Waals surface area contributed by atoms with Gasteiger partial charge in [0.05, 0.1) is 5.69 Å². The predicted octanol–water partition coefficient (Wildman–Crippen LogP) is -0.272. The summed E-state index contributed by atoms with van der Waals surface area (Å²) in [5.74, 6) is 4.94. The summed E-state index contributed by atoms with van der Waals surface area (Å²) in [6, 6.07) is 1.95. The first kappa shape index (κ1) is 14.5. The number of hydrogen-bond donors (Lipinski definition) is 2. The maximum atomic E-state index is 12.2. The second-order valence-corrected chi connectivity index (χ2v) is 5.25. The fourth-order valence-electron chi connectivity index (χ4n) is 2.57. The fourth-order valence-corrected chi connectivity index (χ4v) is 2.57. The van der Waals surface area contributed by atoms with Gasteiger partial charge in [-0.3, -0.25) is 19.7 Å². The van der Waals surface area contributed by atoms with Gasteiger partial charge in [-0.1, -0.05) is 0 Å². The van der Waals surface area contributed by atoms with Gasteiger partial charge in [-0.05, 0) is 32.8 Å². The molecule has 0 unspecified atom stereocenters. The number of likely N-dealkylation sites (tertiary alicyclic amines) is 1. The lowest BCUT2D eigenvalue weighted by molar-refractivity contribution is -0.136. The van der Waals surface area contributed by atoms with Crippen molar-refractivity contribution >= 4 is 11.8 Å². The van der Waals surface area contributed by atoms with E-state index in [4.69, 9.17) is 5.84 Å². The first-order valence-corrected chi connectivity index (χ1v) is 6.80. The summed E-state index contributed by atoms with van der Waals surface area (Å²) in [5.41, 5.74) is 4.06. The third-order valence-corrected chi connectivity index (χ3v) is 3.75. The van der Waals surface area contributed by atoms with E-state index in [0.29, 0.717) is 25.9 Å². The summed E-state index contributed by atoms with van der Waals surface area (Å²) in [7, 11) is 0. The van der Waals surface area contributed by atoms with Crippen LogP contribution in [-0.2, 0) is 16.1 Å². The zero-order valence-corrected chi connectivity index (χ0v) is 11.9. The van der Waals surface area contributed by atoms with Crippen molar-refractivity contribution in [1.29, 1.82) is 0 Å². The molecule has 0 atom stereocenters. The van der Waals surface area contributed by atoms with Crippen LogP contribution in [0.3, 0.4) is 0 Å². The molecule has 0 aliphatic carbocycles. The van der Waals surface area contributed by atoms with Crippen molar-refractivity contribution in [3.8, 4) is 0 Å². The molecule has 1 saturated heterocycles. The Bertz CT molecular complexity index is 503. The molecule has 0 bridgehead atoms. The molecule has 0 aromatic carbocycles. The normalized spacial score (nSPS) is 16.2. The van der Waals surface area contributed by atoms with Gasteiger partial charge in [-0.2, -0.15) is 5.10 Å². The zero-order chi connectivity index (χ0) is 14.7. The highest BCUT2D eigenvalue weighted by Crippen LogP contribution is 2.17. The number of hydrogen-bond acceptors (Lipinski definition) is 4. The molecule has 1 aromatic rings. The molecular formula is C13H21N5O2. The smallest absolute Gasteiger partial charge is 0.244 e. The van der Waals surface area contributed by atoms with Crippen LogP contribution in [0.15, 0.2) is 6.07 Å². The average molecular weight is 279 g/mol. The Balaban J connectivity index is 1.89. The molecule has 1 aliphatic rings. The van der Waals surface area contributed by atoms with Gasteiger partial charge in [0.1, 0.15) is 6.54 Å². The molecule has 7 heteroatoms. The number of aromatic nitrogens is 2. The third kappa shape index (κ3) is 3.16. The van der Waals surface area contributed by atoms with Crippen LogP contribution in [-0.4, -0.2) is 39.6 Å². The summed E-state index contributed by atoms with van der Waals surface area (Å²) in [6.07, 6.45) is 1.32. The number of piperidine rings is 1. The molecule has 1 aliphatic heterocycles. The van der Waals surface area contributed by atoms with E-state index in [1.54, 1.807) is 9.58 Å². The Morgan fingerprint density at radius 3 is 2.55 bits per heavy atom. The minimum absolute atomic E-state index is 0.0443. The van der Waals surface area contributed by atoms with E-state index in [2.05, 4.69) is 10.5 Å². The first-order chi connectivity index (χ1) is 9.51. The van der Waals surface area contributed by atoms with Crippen LogP contribution in [0.1, 0.15) is 24.2 Å². The van der Waals surface area contributed by atoms with Crippen LogP contribution < -0.4 is 11.3 Å². The lowest BCUT2D eigenvalue weighted by atomic mass is 9.96. The van der Waals surface area contributed by atoms with Crippen molar-refractivity contribution in [2.45, 2.75) is 33.2 Å². The molecule has 2 rings (SSSR count). The monoisotopic (exact) mass is 279 g/mol. The van der Waals surface area contributed by atoms with Gasteiger partial charge in [0.15, 0.2) is 0 Å². The van der Waals surface area contributed by atoms with Crippen molar-refractivity contribution < 1.29 is 9.59 Å². The lowest BCUT2D eigenvalue weighted by Crippen LogP contribution is -2.45.